The minimum absolute atomic E-state index is 0.313. The van der Waals surface area contributed by atoms with E-state index in [4.69, 9.17) is 30.1 Å². The summed E-state index contributed by atoms with van der Waals surface area (Å²) in [7, 11) is 0. The standard InChI is InChI=1S/C25H25FN6O2S/c1-17(35)29-15-21-16-32(24(33)34-21)20-8-9-23(22(26)14-20)31-12-10-25(28-3,11-13-31)30-19-6-4-18(27-2)5-7-19/h4-9,14,21,30H,10-13,15-16H2,1H3,(H,29,35)/t21-/m0/s1. The Morgan fingerprint density at radius 3 is 2.54 bits per heavy atom. The van der Waals surface area contributed by atoms with E-state index in [0.717, 1.165) is 5.69 Å². The number of benzene rings is 2. The Balaban J connectivity index is 1.40. The van der Waals surface area contributed by atoms with Gasteiger partial charge >= 0.3 is 11.8 Å². The van der Waals surface area contributed by atoms with E-state index in [0.29, 0.717) is 61.1 Å². The minimum Gasteiger partial charge on any atom is -0.442 e. The van der Waals surface area contributed by atoms with Crippen molar-refractivity contribution in [1.82, 2.24) is 5.32 Å². The van der Waals surface area contributed by atoms with E-state index in [2.05, 4.69) is 20.3 Å². The number of rotatable bonds is 6. The summed E-state index contributed by atoms with van der Waals surface area (Å²) in [6, 6.07) is 11.8. The number of halogens is 1. The Kier molecular flexibility index (Phi) is 7.04. The Bertz CT molecular complexity index is 1200. The van der Waals surface area contributed by atoms with Crippen LogP contribution in [0.15, 0.2) is 42.5 Å². The van der Waals surface area contributed by atoms with Gasteiger partial charge in [0.05, 0.1) is 48.9 Å². The van der Waals surface area contributed by atoms with Crippen LogP contribution in [-0.2, 0) is 4.74 Å². The van der Waals surface area contributed by atoms with Gasteiger partial charge in [0.2, 0.25) is 0 Å². The highest BCUT2D eigenvalue weighted by Crippen LogP contribution is 2.34. The molecule has 2 saturated heterocycles. The number of amides is 1. The summed E-state index contributed by atoms with van der Waals surface area (Å²) < 4.78 is 20.5. The van der Waals surface area contributed by atoms with Crippen molar-refractivity contribution in [1.29, 1.82) is 0 Å². The summed E-state index contributed by atoms with van der Waals surface area (Å²) in [5, 5.41) is 6.29. The average Bonchev–Trinajstić information content (AvgIpc) is 3.24. The molecule has 1 atom stereocenters. The molecule has 0 radical (unpaired) electrons. The third kappa shape index (κ3) is 5.44. The predicted octanol–water partition coefficient (Wildman–Crippen LogP) is 4.97. The molecule has 4 rings (SSSR count). The van der Waals surface area contributed by atoms with Crippen LogP contribution in [0.1, 0.15) is 19.8 Å². The Hall–Kier alpha value is -3.89. The van der Waals surface area contributed by atoms with Crippen molar-refractivity contribution in [3.8, 4) is 0 Å². The third-order valence-electron chi connectivity index (χ3n) is 6.21. The molecule has 1 amide bonds. The van der Waals surface area contributed by atoms with Crippen LogP contribution in [0.25, 0.3) is 9.69 Å². The summed E-state index contributed by atoms with van der Waals surface area (Å²) in [5.74, 6) is -0.426. The van der Waals surface area contributed by atoms with Crippen LogP contribution in [0, 0.1) is 19.0 Å². The Labute approximate surface area is 209 Å². The van der Waals surface area contributed by atoms with Crippen molar-refractivity contribution in [3.63, 3.8) is 0 Å². The normalized spacial score (nSPS) is 18.9. The van der Waals surface area contributed by atoms with Crippen molar-refractivity contribution in [3.05, 3.63) is 71.1 Å². The molecule has 35 heavy (non-hydrogen) atoms. The van der Waals surface area contributed by atoms with Crippen molar-refractivity contribution in [2.75, 3.05) is 41.3 Å². The highest BCUT2D eigenvalue weighted by Gasteiger charge is 2.41. The van der Waals surface area contributed by atoms with Gasteiger partial charge in [-0.25, -0.2) is 20.6 Å². The monoisotopic (exact) mass is 492 g/mol. The van der Waals surface area contributed by atoms with E-state index in [9.17, 15) is 4.79 Å². The fourth-order valence-corrected chi connectivity index (χ4v) is 4.37. The zero-order valence-corrected chi connectivity index (χ0v) is 20.1. The zero-order chi connectivity index (χ0) is 25.0. The first-order chi connectivity index (χ1) is 16.8. The summed E-state index contributed by atoms with van der Waals surface area (Å²) >= 11 is 4.99. The van der Waals surface area contributed by atoms with Gasteiger partial charge in [-0.05, 0) is 37.3 Å². The molecule has 0 unspecified atom stereocenters. The lowest BCUT2D eigenvalue weighted by Crippen LogP contribution is -2.47. The van der Waals surface area contributed by atoms with E-state index in [1.807, 2.05) is 4.90 Å². The molecule has 2 fully saturated rings. The molecule has 0 bridgehead atoms. The molecular weight excluding hydrogens is 467 g/mol. The van der Waals surface area contributed by atoms with Crippen molar-refractivity contribution < 1.29 is 13.9 Å². The molecule has 8 nitrogen and oxygen atoms in total. The molecule has 180 valence electrons. The number of carbonyl (C=O) groups is 1. The van der Waals surface area contributed by atoms with E-state index in [1.165, 1.54) is 11.0 Å². The van der Waals surface area contributed by atoms with Gasteiger partial charge in [0.25, 0.3) is 0 Å². The predicted molar refractivity (Wildman–Crippen MR) is 137 cm³/mol. The zero-order valence-electron chi connectivity index (χ0n) is 19.3. The summed E-state index contributed by atoms with van der Waals surface area (Å²) in [6.45, 7) is 18.3. The number of cyclic esters (lactones) is 1. The Morgan fingerprint density at radius 1 is 1.23 bits per heavy atom. The molecule has 2 N–H and O–H groups in total. The van der Waals surface area contributed by atoms with Crippen molar-refractivity contribution in [2.45, 2.75) is 31.5 Å². The number of ether oxygens (including phenoxy) is 1. The fourth-order valence-electron chi connectivity index (χ4n) is 4.29. The van der Waals surface area contributed by atoms with E-state index >= 15 is 4.39 Å². The first kappa shape index (κ1) is 24.2. The van der Waals surface area contributed by atoms with Crippen LogP contribution >= 0.6 is 12.2 Å². The van der Waals surface area contributed by atoms with Gasteiger partial charge in [0, 0.05) is 18.8 Å². The van der Waals surface area contributed by atoms with Gasteiger partial charge in [-0.2, -0.15) is 0 Å². The second kappa shape index (κ2) is 10.2. The van der Waals surface area contributed by atoms with Gasteiger partial charge < -0.3 is 20.3 Å². The Morgan fingerprint density at radius 2 is 1.94 bits per heavy atom. The summed E-state index contributed by atoms with van der Waals surface area (Å²) in [5.41, 5.74) is 1.42. The molecule has 10 heteroatoms. The first-order valence-electron chi connectivity index (χ1n) is 11.2. The maximum Gasteiger partial charge on any atom is 0.414 e. The lowest BCUT2D eigenvalue weighted by molar-refractivity contribution is 0.143. The molecule has 0 saturated carbocycles. The number of piperidine rings is 1. The fraction of sp³-hybridized carbons (Fsp3) is 0.360. The molecule has 2 aromatic carbocycles. The van der Waals surface area contributed by atoms with Gasteiger partial charge in [-0.15, -0.1) is 0 Å². The van der Waals surface area contributed by atoms with Crippen molar-refractivity contribution in [2.24, 2.45) is 0 Å². The first-order valence-corrected chi connectivity index (χ1v) is 11.6. The maximum absolute atomic E-state index is 15.1. The number of carbonyl (C=O) groups excluding carboxylic acids is 1. The average molecular weight is 493 g/mol. The van der Waals surface area contributed by atoms with Crippen molar-refractivity contribution >= 4 is 46.0 Å². The summed E-state index contributed by atoms with van der Waals surface area (Å²) in [6.07, 6.45) is 0.141. The summed E-state index contributed by atoms with van der Waals surface area (Å²) in [4.78, 5) is 23.5. The lowest BCUT2D eigenvalue weighted by atomic mass is 9.96. The SMILES string of the molecule is [C-]#[N+]c1ccc(NC2([N+]#[C-])CCN(c3ccc(N4C[C@H](CNC(C)=S)OC4=O)cc3F)CC2)cc1. The van der Waals surface area contributed by atoms with Crippen LogP contribution in [-0.4, -0.2) is 49.0 Å². The highest BCUT2D eigenvalue weighted by molar-refractivity contribution is 7.80. The molecular formula is C25H25FN6O2S. The van der Waals surface area contributed by atoms with Crippen LogP contribution < -0.4 is 20.4 Å². The second-order valence-electron chi connectivity index (χ2n) is 8.60. The number of nitrogens with one attached hydrogen (secondary N) is 2. The van der Waals surface area contributed by atoms with Crippen LogP contribution in [0.4, 0.5) is 31.9 Å². The van der Waals surface area contributed by atoms with E-state index < -0.39 is 17.6 Å². The molecule has 0 spiro atoms. The van der Waals surface area contributed by atoms with Gasteiger partial charge in [0.15, 0.2) is 5.69 Å². The third-order valence-corrected chi connectivity index (χ3v) is 6.36. The number of nitrogens with zero attached hydrogens (tertiary/aromatic N) is 4. The minimum atomic E-state index is -0.782. The maximum atomic E-state index is 15.1. The van der Waals surface area contributed by atoms with Crippen LogP contribution in [0.3, 0.4) is 0 Å². The smallest absolute Gasteiger partial charge is 0.414 e. The number of thiocarbonyl (C=S) groups is 1. The molecule has 0 aliphatic carbocycles. The molecule has 2 heterocycles. The largest absolute Gasteiger partial charge is 0.442 e. The highest BCUT2D eigenvalue weighted by atomic mass is 32.1. The molecule has 2 aromatic rings. The van der Waals surface area contributed by atoms with Gasteiger partial charge in [-0.1, -0.05) is 24.4 Å². The van der Waals surface area contributed by atoms with Crippen LogP contribution in [0.2, 0.25) is 0 Å². The number of anilines is 3. The lowest BCUT2D eigenvalue weighted by Gasteiger charge is -2.36. The quantitative estimate of drug-likeness (QED) is 0.439. The molecule has 2 aliphatic heterocycles. The van der Waals surface area contributed by atoms with E-state index in [1.54, 1.807) is 43.3 Å². The molecule has 2 aliphatic rings. The second-order valence-corrected chi connectivity index (χ2v) is 9.22. The van der Waals surface area contributed by atoms with Gasteiger partial charge in [0.1, 0.15) is 11.9 Å². The molecule has 0 aromatic heterocycles. The van der Waals surface area contributed by atoms with Gasteiger partial charge in [-0.3, -0.25) is 9.74 Å². The number of hydrogen-bond donors (Lipinski definition) is 2. The topological polar surface area (TPSA) is 65.6 Å². The van der Waals surface area contributed by atoms with E-state index in [-0.39, 0.29) is 6.10 Å². The van der Waals surface area contributed by atoms with Crippen LogP contribution in [0.5, 0.6) is 0 Å². The number of hydrogen-bond acceptors (Lipinski definition) is 5.